The van der Waals surface area contributed by atoms with Crippen LogP contribution in [0.2, 0.25) is 0 Å². The minimum absolute atomic E-state index is 0.0283. The third-order valence-corrected chi connectivity index (χ3v) is 8.36. The molecule has 2 amide bonds. The van der Waals surface area contributed by atoms with Crippen molar-refractivity contribution >= 4 is 11.8 Å². The Kier molecular flexibility index (Phi) is 10.6. The molecule has 1 heterocycles. The lowest BCUT2D eigenvalue weighted by molar-refractivity contribution is -0.137. The maximum atomic E-state index is 13.6. The number of hydrogen-bond donors (Lipinski definition) is 3. The number of aryl methyl sites for hydroxylation is 1. The van der Waals surface area contributed by atoms with Gasteiger partial charge in [-0.3, -0.25) is 9.59 Å². The molecule has 4 aromatic carbocycles. The highest BCUT2D eigenvalue weighted by atomic mass is 19.4. The van der Waals surface area contributed by atoms with Crippen LogP contribution in [0.4, 0.5) is 13.2 Å². The predicted octanol–water partition coefficient (Wildman–Crippen LogP) is 6.48. The summed E-state index contributed by atoms with van der Waals surface area (Å²) in [5.74, 6) is -0.582. The molecule has 46 heavy (non-hydrogen) atoms. The van der Waals surface area contributed by atoms with Crippen molar-refractivity contribution in [1.29, 1.82) is 0 Å². The van der Waals surface area contributed by atoms with Crippen LogP contribution in [0, 0.1) is 6.92 Å². The van der Waals surface area contributed by atoms with Crippen molar-refractivity contribution in [3.8, 4) is 0 Å². The summed E-state index contributed by atoms with van der Waals surface area (Å²) in [6.45, 7) is 2.80. The number of benzene rings is 4. The first kappa shape index (κ1) is 32.9. The van der Waals surface area contributed by atoms with E-state index in [0.29, 0.717) is 29.7 Å². The van der Waals surface area contributed by atoms with Crippen molar-refractivity contribution in [3.63, 3.8) is 0 Å². The molecule has 0 saturated carbocycles. The predicted molar refractivity (Wildman–Crippen MR) is 171 cm³/mol. The number of amides is 2. The number of likely N-dealkylation sites (tertiary alicyclic amines) is 1. The first-order valence-corrected chi connectivity index (χ1v) is 15.5. The topological polar surface area (TPSA) is 81.7 Å². The maximum absolute atomic E-state index is 13.6. The van der Waals surface area contributed by atoms with E-state index in [4.69, 9.17) is 0 Å². The van der Waals surface area contributed by atoms with Gasteiger partial charge in [-0.2, -0.15) is 13.2 Å². The summed E-state index contributed by atoms with van der Waals surface area (Å²) >= 11 is 0. The fraction of sp³-hybridized carbons (Fsp3) is 0.297. The van der Waals surface area contributed by atoms with Crippen LogP contribution in [-0.2, 0) is 19.1 Å². The number of hydrogen-bond acceptors (Lipinski definition) is 4. The zero-order valence-electron chi connectivity index (χ0n) is 25.6. The van der Waals surface area contributed by atoms with Gasteiger partial charge in [0.1, 0.15) is 0 Å². The van der Waals surface area contributed by atoms with Crippen LogP contribution in [-0.4, -0.2) is 47.1 Å². The van der Waals surface area contributed by atoms with Gasteiger partial charge in [0.2, 0.25) is 0 Å². The van der Waals surface area contributed by atoms with Gasteiger partial charge in [0, 0.05) is 30.8 Å². The quantitative estimate of drug-likeness (QED) is 0.177. The Balaban J connectivity index is 1.27. The maximum Gasteiger partial charge on any atom is 0.416 e. The van der Waals surface area contributed by atoms with Gasteiger partial charge in [-0.05, 0) is 67.1 Å². The van der Waals surface area contributed by atoms with Crippen LogP contribution in [0.25, 0.3) is 0 Å². The first-order chi connectivity index (χ1) is 22.1. The molecule has 4 aromatic rings. The molecule has 1 aliphatic rings. The second-order valence-electron chi connectivity index (χ2n) is 11.8. The van der Waals surface area contributed by atoms with Crippen molar-refractivity contribution in [2.24, 2.45) is 0 Å². The molecule has 1 aliphatic heterocycles. The van der Waals surface area contributed by atoms with Gasteiger partial charge < -0.3 is 20.6 Å². The average molecular weight is 630 g/mol. The molecule has 240 valence electrons. The van der Waals surface area contributed by atoms with Gasteiger partial charge in [0.15, 0.2) is 0 Å². The SMILES string of the molecule is Cc1ccc(C2CCCN2C(=O)c2cccc(C(=O)N[C@@H](Cc3ccccc3)[C@@H](O)CNCc3cccc(C(F)(F)F)c3)c2)cc1. The summed E-state index contributed by atoms with van der Waals surface area (Å²) in [6, 6.07) is 28.5. The van der Waals surface area contributed by atoms with Gasteiger partial charge >= 0.3 is 6.18 Å². The summed E-state index contributed by atoms with van der Waals surface area (Å²) in [4.78, 5) is 29.0. The molecule has 1 fully saturated rings. The van der Waals surface area contributed by atoms with Gasteiger partial charge in [-0.1, -0.05) is 84.4 Å². The van der Waals surface area contributed by atoms with Crippen LogP contribution < -0.4 is 10.6 Å². The Morgan fingerprint density at radius 2 is 1.59 bits per heavy atom. The number of nitrogens with zero attached hydrogens (tertiary/aromatic N) is 1. The molecule has 0 bridgehead atoms. The highest BCUT2D eigenvalue weighted by Gasteiger charge is 2.32. The van der Waals surface area contributed by atoms with E-state index in [2.05, 4.69) is 22.8 Å². The van der Waals surface area contributed by atoms with E-state index in [9.17, 15) is 27.9 Å². The van der Waals surface area contributed by atoms with Crippen LogP contribution >= 0.6 is 0 Å². The summed E-state index contributed by atoms with van der Waals surface area (Å²) in [5.41, 5.74) is 3.52. The minimum Gasteiger partial charge on any atom is -0.390 e. The Labute approximate surface area is 267 Å². The Morgan fingerprint density at radius 1 is 0.891 bits per heavy atom. The Hall–Kier alpha value is -4.47. The summed E-state index contributed by atoms with van der Waals surface area (Å²) in [6.07, 6.45) is -3.41. The van der Waals surface area contributed by atoms with Crippen LogP contribution in [0.15, 0.2) is 103 Å². The smallest absolute Gasteiger partial charge is 0.390 e. The molecule has 6 nitrogen and oxygen atoms in total. The lowest BCUT2D eigenvalue weighted by Gasteiger charge is -2.26. The third-order valence-electron chi connectivity index (χ3n) is 8.36. The third kappa shape index (κ3) is 8.41. The molecular formula is C37H38F3N3O3. The molecule has 1 saturated heterocycles. The van der Waals surface area contributed by atoms with Crippen LogP contribution in [0.1, 0.15) is 67.4 Å². The van der Waals surface area contributed by atoms with E-state index >= 15 is 0 Å². The van der Waals surface area contributed by atoms with Crippen molar-refractivity contribution in [2.45, 2.75) is 57.1 Å². The zero-order chi connectivity index (χ0) is 32.7. The second-order valence-corrected chi connectivity index (χ2v) is 11.8. The standard InChI is InChI=1S/C37H38F3N3O3/c1-25-15-17-28(18-16-25)33-14-7-19-43(33)36(46)30-12-6-11-29(22-30)35(45)42-32(21-26-8-3-2-4-9-26)34(44)24-41-23-27-10-5-13-31(20-27)37(38,39)40/h2-6,8-13,15-18,20,22,32-34,41,44H,7,14,19,21,23-24H2,1H3,(H,42,45)/t32-,33?,34-/m0/s1. The van der Waals surface area contributed by atoms with Crippen molar-refractivity contribution < 1.29 is 27.9 Å². The molecule has 0 aromatic heterocycles. The molecule has 0 spiro atoms. The molecule has 0 radical (unpaired) electrons. The number of carbonyl (C=O) groups excluding carboxylic acids is 2. The number of aliphatic hydroxyl groups is 1. The molecule has 5 rings (SSSR count). The minimum atomic E-state index is -4.44. The Bertz CT molecular complexity index is 1630. The number of nitrogens with one attached hydrogen (secondary N) is 2. The van der Waals surface area contributed by atoms with E-state index in [1.54, 1.807) is 30.3 Å². The second kappa shape index (κ2) is 14.7. The molecule has 1 unspecified atom stereocenters. The van der Waals surface area contributed by atoms with Crippen molar-refractivity contribution in [3.05, 3.63) is 142 Å². The highest BCUT2D eigenvalue weighted by Crippen LogP contribution is 2.33. The first-order valence-electron chi connectivity index (χ1n) is 15.5. The number of aliphatic hydroxyl groups excluding tert-OH is 1. The molecule has 9 heteroatoms. The van der Waals surface area contributed by atoms with E-state index in [1.165, 1.54) is 6.07 Å². The fourth-order valence-corrected chi connectivity index (χ4v) is 5.87. The number of alkyl halides is 3. The summed E-state index contributed by atoms with van der Waals surface area (Å²) < 4.78 is 39.4. The lowest BCUT2D eigenvalue weighted by Crippen LogP contribution is -2.48. The summed E-state index contributed by atoms with van der Waals surface area (Å²) in [7, 11) is 0. The van der Waals surface area contributed by atoms with Gasteiger partial charge in [-0.15, -0.1) is 0 Å². The number of halogens is 3. The Morgan fingerprint density at radius 3 is 2.33 bits per heavy atom. The van der Waals surface area contributed by atoms with E-state index in [1.807, 2.05) is 54.3 Å². The molecule has 3 atom stereocenters. The van der Waals surface area contributed by atoms with Gasteiger partial charge in [-0.25, -0.2) is 0 Å². The highest BCUT2D eigenvalue weighted by molar-refractivity contribution is 6.00. The molecular weight excluding hydrogens is 591 g/mol. The average Bonchev–Trinajstić information content (AvgIpc) is 3.55. The molecule has 3 N–H and O–H groups in total. The van der Waals surface area contributed by atoms with Crippen LogP contribution in [0.5, 0.6) is 0 Å². The largest absolute Gasteiger partial charge is 0.416 e. The van der Waals surface area contributed by atoms with Crippen molar-refractivity contribution in [1.82, 2.24) is 15.5 Å². The number of rotatable bonds is 11. The lowest BCUT2D eigenvalue weighted by atomic mass is 10.00. The van der Waals surface area contributed by atoms with E-state index in [0.717, 1.165) is 41.7 Å². The fourth-order valence-electron chi connectivity index (χ4n) is 5.87. The zero-order valence-corrected chi connectivity index (χ0v) is 25.6. The van der Waals surface area contributed by atoms with Gasteiger partial charge in [0.05, 0.1) is 23.8 Å². The number of carbonyl (C=O) groups is 2. The van der Waals surface area contributed by atoms with E-state index in [-0.39, 0.29) is 25.0 Å². The van der Waals surface area contributed by atoms with Crippen molar-refractivity contribution in [2.75, 3.05) is 13.1 Å². The van der Waals surface area contributed by atoms with E-state index < -0.39 is 29.8 Å². The van der Waals surface area contributed by atoms with Crippen LogP contribution in [0.3, 0.4) is 0 Å². The van der Waals surface area contributed by atoms with Gasteiger partial charge in [0.25, 0.3) is 11.8 Å². The molecule has 0 aliphatic carbocycles. The monoisotopic (exact) mass is 629 g/mol. The summed E-state index contributed by atoms with van der Waals surface area (Å²) in [5, 5.41) is 17.1. The normalized spacial score (nSPS) is 16.2.